The Hall–Kier alpha value is -1.82. The van der Waals surface area contributed by atoms with Gasteiger partial charge in [0.15, 0.2) is 0 Å². The number of rotatable bonds is 4. The Morgan fingerprint density at radius 3 is 2.83 bits per heavy atom. The van der Waals surface area contributed by atoms with Crippen molar-refractivity contribution in [1.29, 1.82) is 0 Å². The fourth-order valence-electron chi connectivity index (χ4n) is 1.99. The summed E-state index contributed by atoms with van der Waals surface area (Å²) in [6, 6.07) is 7.49. The first-order valence-electron chi connectivity index (χ1n) is 7.41. The number of alkyl carbamates (subject to hydrolysis) is 1. The van der Waals surface area contributed by atoms with E-state index >= 15 is 0 Å². The number of pyridine rings is 1. The number of hydrogen-bond acceptors (Lipinski definition) is 4. The number of ether oxygens (including phenoxy) is 2. The molecule has 1 aromatic carbocycles. The van der Waals surface area contributed by atoms with Crippen molar-refractivity contribution in [3.8, 4) is 5.75 Å². The first-order valence-corrected chi connectivity index (χ1v) is 8.20. The van der Waals surface area contributed by atoms with Crippen molar-refractivity contribution < 1.29 is 14.3 Å². The highest BCUT2D eigenvalue weighted by atomic mass is 79.9. The van der Waals surface area contributed by atoms with E-state index < -0.39 is 11.7 Å². The van der Waals surface area contributed by atoms with E-state index in [1.54, 1.807) is 6.20 Å². The van der Waals surface area contributed by atoms with Crippen LogP contribution in [0.5, 0.6) is 5.75 Å². The first kappa shape index (κ1) is 17.5. The van der Waals surface area contributed by atoms with Gasteiger partial charge in [0.05, 0.1) is 11.6 Å². The summed E-state index contributed by atoms with van der Waals surface area (Å²) in [6.07, 6.45) is 1.30. The van der Waals surface area contributed by atoms with Gasteiger partial charge in [0.25, 0.3) is 0 Å². The molecule has 1 heterocycles. The fourth-order valence-corrected chi connectivity index (χ4v) is 2.32. The van der Waals surface area contributed by atoms with Crippen LogP contribution in [0.1, 0.15) is 27.7 Å². The van der Waals surface area contributed by atoms with E-state index in [0.717, 1.165) is 21.1 Å². The molecule has 124 valence electrons. The Morgan fingerprint density at radius 2 is 2.13 bits per heavy atom. The second-order valence-corrected chi connectivity index (χ2v) is 7.25. The van der Waals surface area contributed by atoms with Crippen LogP contribution in [0.25, 0.3) is 10.9 Å². The number of benzene rings is 1. The van der Waals surface area contributed by atoms with Crippen molar-refractivity contribution >= 4 is 32.9 Å². The Labute approximate surface area is 144 Å². The van der Waals surface area contributed by atoms with Gasteiger partial charge in [-0.1, -0.05) is 6.07 Å². The molecular formula is C17H21BrN2O3. The lowest BCUT2D eigenvalue weighted by molar-refractivity contribution is 0.0494. The van der Waals surface area contributed by atoms with Crippen LogP contribution in [-0.2, 0) is 4.74 Å². The van der Waals surface area contributed by atoms with E-state index in [1.807, 2.05) is 52.0 Å². The van der Waals surface area contributed by atoms with Gasteiger partial charge in [0, 0.05) is 16.1 Å². The Balaban J connectivity index is 1.98. The molecule has 1 aromatic heterocycles. The van der Waals surface area contributed by atoms with E-state index in [4.69, 9.17) is 9.47 Å². The van der Waals surface area contributed by atoms with Crippen LogP contribution in [0.2, 0.25) is 0 Å². The average Bonchev–Trinajstić information content (AvgIpc) is 2.42. The number of aromatic nitrogens is 1. The van der Waals surface area contributed by atoms with E-state index in [9.17, 15) is 4.79 Å². The lowest BCUT2D eigenvalue weighted by Gasteiger charge is -2.22. The SMILES string of the molecule is C[C@H](COc1cccc2ncc(Br)cc12)NC(=O)OC(C)(C)C. The second-order valence-electron chi connectivity index (χ2n) is 6.33. The maximum atomic E-state index is 11.7. The van der Waals surface area contributed by atoms with E-state index in [0.29, 0.717) is 6.61 Å². The molecule has 0 fully saturated rings. The smallest absolute Gasteiger partial charge is 0.407 e. The predicted octanol–water partition coefficient (Wildman–Crippen LogP) is 4.29. The number of nitrogens with one attached hydrogen (secondary N) is 1. The molecule has 6 heteroatoms. The lowest BCUT2D eigenvalue weighted by Crippen LogP contribution is -2.40. The molecule has 1 atom stereocenters. The van der Waals surface area contributed by atoms with Crippen LogP contribution in [-0.4, -0.2) is 29.3 Å². The molecule has 0 aliphatic rings. The standard InChI is InChI=1S/C17H21BrN2O3/c1-11(20-16(21)23-17(2,3)4)10-22-15-7-5-6-14-13(15)8-12(18)9-19-14/h5-9,11H,10H2,1-4H3,(H,20,21)/t11-/m1/s1. The van der Waals surface area contributed by atoms with Crippen molar-refractivity contribution in [3.05, 3.63) is 34.9 Å². The van der Waals surface area contributed by atoms with Crippen LogP contribution in [0.3, 0.4) is 0 Å². The van der Waals surface area contributed by atoms with Gasteiger partial charge in [-0.3, -0.25) is 4.98 Å². The minimum Gasteiger partial charge on any atom is -0.491 e. The lowest BCUT2D eigenvalue weighted by atomic mass is 10.2. The largest absolute Gasteiger partial charge is 0.491 e. The van der Waals surface area contributed by atoms with Gasteiger partial charge in [0.1, 0.15) is 18.0 Å². The topological polar surface area (TPSA) is 60.5 Å². The Bertz CT molecular complexity index is 698. The number of carbonyl (C=O) groups is 1. The summed E-state index contributed by atoms with van der Waals surface area (Å²) < 4.78 is 12.0. The van der Waals surface area contributed by atoms with Gasteiger partial charge in [-0.25, -0.2) is 4.79 Å². The average molecular weight is 381 g/mol. The number of amides is 1. The molecule has 5 nitrogen and oxygen atoms in total. The van der Waals surface area contributed by atoms with Crippen LogP contribution >= 0.6 is 15.9 Å². The molecule has 1 N–H and O–H groups in total. The maximum Gasteiger partial charge on any atom is 0.407 e. The third kappa shape index (κ3) is 5.39. The molecule has 0 bridgehead atoms. The summed E-state index contributed by atoms with van der Waals surface area (Å²) in [4.78, 5) is 16.1. The zero-order valence-corrected chi connectivity index (χ0v) is 15.3. The van der Waals surface area contributed by atoms with Crippen molar-refractivity contribution in [1.82, 2.24) is 10.3 Å². The van der Waals surface area contributed by atoms with Gasteiger partial charge in [-0.05, 0) is 61.8 Å². The number of nitrogens with zero attached hydrogens (tertiary/aromatic N) is 1. The van der Waals surface area contributed by atoms with Crippen LogP contribution < -0.4 is 10.1 Å². The molecule has 0 aliphatic carbocycles. The summed E-state index contributed by atoms with van der Waals surface area (Å²) in [7, 11) is 0. The van der Waals surface area contributed by atoms with Gasteiger partial charge in [-0.15, -0.1) is 0 Å². The van der Waals surface area contributed by atoms with Crippen molar-refractivity contribution in [2.75, 3.05) is 6.61 Å². The minimum atomic E-state index is -0.516. The second kappa shape index (κ2) is 7.17. The summed E-state index contributed by atoms with van der Waals surface area (Å²) in [6.45, 7) is 7.69. The quantitative estimate of drug-likeness (QED) is 0.859. The number of carbonyl (C=O) groups excluding carboxylic acids is 1. The first-order chi connectivity index (χ1) is 10.7. The van der Waals surface area contributed by atoms with Gasteiger partial charge in [-0.2, -0.15) is 0 Å². The molecule has 0 unspecified atom stereocenters. The van der Waals surface area contributed by atoms with Crippen molar-refractivity contribution in [2.45, 2.75) is 39.3 Å². The maximum absolute atomic E-state index is 11.7. The van der Waals surface area contributed by atoms with Crippen molar-refractivity contribution in [3.63, 3.8) is 0 Å². The monoisotopic (exact) mass is 380 g/mol. The Morgan fingerprint density at radius 1 is 1.39 bits per heavy atom. The predicted molar refractivity (Wildman–Crippen MR) is 93.8 cm³/mol. The Kier molecular flexibility index (Phi) is 5.46. The minimum absolute atomic E-state index is 0.180. The molecule has 2 aromatic rings. The third-order valence-electron chi connectivity index (χ3n) is 2.90. The highest BCUT2D eigenvalue weighted by molar-refractivity contribution is 9.10. The van der Waals surface area contributed by atoms with Crippen LogP contribution in [0.4, 0.5) is 4.79 Å². The van der Waals surface area contributed by atoms with Crippen molar-refractivity contribution in [2.24, 2.45) is 0 Å². The fraction of sp³-hybridized carbons (Fsp3) is 0.412. The van der Waals surface area contributed by atoms with Crippen LogP contribution in [0, 0.1) is 0 Å². The molecule has 2 rings (SSSR count). The summed E-state index contributed by atoms with van der Waals surface area (Å²) in [5.41, 5.74) is 0.344. The summed E-state index contributed by atoms with van der Waals surface area (Å²) >= 11 is 3.42. The van der Waals surface area contributed by atoms with E-state index in [2.05, 4.69) is 26.2 Å². The molecule has 0 saturated carbocycles. The molecule has 0 aliphatic heterocycles. The normalized spacial score (nSPS) is 12.7. The highest BCUT2D eigenvalue weighted by Crippen LogP contribution is 2.26. The molecule has 0 saturated heterocycles. The van der Waals surface area contributed by atoms with Crippen LogP contribution in [0.15, 0.2) is 34.9 Å². The highest BCUT2D eigenvalue weighted by Gasteiger charge is 2.18. The molecule has 23 heavy (non-hydrogen) atoms. The van der Waals surface area contributed by atoms with Gasteiger partial charge in [0.2, 0.25) is 0 Å². The molecule has 0 spiro atoms. The zero-order valence-electron chi connectivity index (χ0n) is 13.7. The molecule has 0 radical (unpaired) electrons. The number of halogens is 1. The molecule has 1 amide bonds. The number of hydrogen-bond donors (Lipinski definition) is 1. The summed E-state index contributed by atoms with van der Waals surface area (Å²) in [5.74, 6) is 0.731. The molecular weight excluding hydrogens is 360 g/mol. The third-order valence-corrected chi connectivity index (χ3v) is 3.34. The summed E-state index contributed by atoms with van der Waals surface area (Å²) in [5, 5.41) is 3.68. The number of fused-ring (bicyclic) bond motifs is 1. The van der Waals surface area contributed by atoms with Gasteiger partial charge >= 0.3 is 6.09 Å². The zero-order chi connectivity index (χ0) is 17.0. The van der Waals surface area contributed by atoms with E-state index in [-0.39, 0.29) is 6.04 Å². The van der Waals surface area contributed by atoms with Gasteiger partial charge < -0.3 is 14.8 Å². The van der Waals surface area contributed by atoms with E-state index in [1.165, 1.54) is 0 Å².